The van der Waals surface area contributed by atoms with Gasteiger partial charge in [-0.25, -0.2) is 13.8 Å². The lowest BCUT2D eigenvalue weighted by atomic mass is 9.97. The number of rotatable bonds is 3. The average Bonchev–Trinajstić information content (AvgIpc) is 3.30. The van der Waals surface area contributed by atoms with Crippen molar-refractivity contribution in [2.24, 2.45) is 0 Å². The summed E-state index contributed by atoms with van der Waals surface area (Å²) in [5, 5.41) is 0. The lowest BCUT2D eigenvalue weighted by molar-refractivity contribution is 0.0789. The van der Waals surface area contributed by atoms with E-state index in [1.165, 1.54) is 16.2 Å². The van der Waals surface area contributed by atoms with E-state index in [2.05, 4.69) is 9.97 Å². The molecule has 2 aromatic heterocycles. The summed E-state index contributed by atoms with van der Waals surface area (Å²) < 4.78 is 27.0. The molecule has 0 aliphatic carbocycles. The molecular weight excluding hydrogens is 398 g/mol. The third-order valence-corrected chi connectivity index (χ3v) is 6.05. The molecular formula is C20H18F2N4O2S. The van der Waals surface area contributed by atoms with Crippen LogP contribution in [0.2, 0.25) is 0 Å². The van der Waals surface area contributed by atoms with Crippen LogP contribution < -0.4 is 0 Å². The molecule has 0 N–H and O–H groups in total. The van der Waals surface area contributed by atoms with E-state index in [4.69, 9.17) is 0 Å². The third kappa shape index (κ3) is 3.57. The van der Waals surface area contributed by atoms with Gasteiger partial charge in [-0.1, -0.05) is 0 Å². The zero-order valence-corrected chi connectivity index (χ0v) is 16.7. The predicted octanol–water partition coefficient (Wildman–Crippen LogP) is 3.30. The molecule has 0 radical (unpaired) electrons. The fraction of sp³-hybridized carbons (Fsp3) is 0.300. The maximum Gasteiger partial charge on any atom is 0.263 e. The first-order chi connectivity index (χ1) is 13.8. The number of hydrogen-bond acceptors (Lipinski definition) is 5. The molecule has 0 saturated carbocycles. The number of thiophene rings is 1. The first kappa shape index (κ1) is 19.4. The van der Waals surface area contributed by atoms with Crippen LogP contribution in [0.4, 0.5) is 8.78 Å². The van der Waals surface area contributed by atoms with Crippen LogP contribution in [0.1, 0.15) is 37.9 Å². The first-order valence-electron chi connectivity index (χ1n) is 9.05. The summed E-state index contributed by atoms with van der Waals surface area (Å²) in [6.45, 7) is 0.766. The van der Waals surface area contributed by atoms with Gasteiger partial charge >= 0.3 is 0 Å². The molecule has 1 atom stereocenters. The predicted molar refractivity (Wildman–Crippen MR) is 105 cm³/mol. The Bertz CT molecular complexity index is 1090. The maximum atomic E-state index is 13.5. The Labute approximate surface area is 169 Å². The number of halogens is 2. The highest BCUT2D eigenvalue weighted by Gasteiger charge is 2.34. The highest BCUT2D eigenvalue weighted by Crippen LogP contribution is 2.39. The number of benzene rings is 1. The van der Waals surface area contributed by atoms with Gasteiger partial charge in [-0.3, -0.25) is 14.6 Å². The minimum Gasteiger partial charge on any atom is -0.344 e. The molecule has 0 unspecified atom stereocenters. The number of carbonyl (C=O) groups excluding carboxylic acids is 2. The van der Waals surface area contributed by atoms with Crippen molar-refractivity contribution in [3.63, 3.8) is 0 Å². The second-order valence-corrected chi connectivity index (χ2v) is 8.15. The Morgan fingerprint density at radius 3 is 2.52 bits per heavy atom. The van der Waals surface area contributed by atoms with Crippen molar-refractivity contribution in [2.75, 3.05) is 27.2 Å². The highest BCUT2D eigenvalue weighted by atomic mass is 32.1. The molecule has 2 amide bonds. The Balaban J connectivity index is 1.67. The zero-order valence-electron chi connectivity index (χ0n) is 15.9. The summed E-state index contributed by atoms with van der Waals surface area (Å²) in [6, 6.07) is 2.80. The molecule has 1 saturated heterocycles. The SMILES string of the molecule is CN(C)C(=O)c1sc2nccnc2c1[C@@H]1CCN(C(=O)c2cc(F)cc(F)c2)C1. The van der Waals surface area contributed by atoms with E-state index >= 15 is 0 Å². The number of aromatic nitrogens is 2. The van der Waals surface area contributed by atoms with Crippen molar-refractivity contribution in [2.45, 2.75) is 12.3 Å². The number of carbonyl (C=O) groups is 2. The van der Waals surface area contributed by atoms with Crippen LogP contribution in [-0.2, 0) is 0 Å². The summed E-state index contributed by atoms with van der Waals surface area (Å²) in [7, 11) is 3.36. The van der Waals surface area contributed by atoms with Crippen LogP contribution in [0, 0.1) is 11.6 Å². The number of fused-ring (bicyclic) bond motifs is 1. The minimum absolute atomic E-state index is 0.0253. The third-order valence-electron chi connectivity index (χ3n) is 4.96. The van der Waals surface area contributed by atoms with E-state index in [0.29, 0.717) is 34.7 Å². The van der Waals surface area contributed by atoms with Gasteiger partial charge in [0.05, 0.1) is 4.88 Å². The molecule has 1 aliphatic heterocycles. The van der Waals surface area contributed by atoms with Crippen LogP contribution in [0.5, 0.6) is 0 Å². The van der Waals surface area contributed by atoms with Gasteiger partial charge in [0.15, 0.2) is 0 Å². The number of hydrogen-bond donors (Lipinski definition) is 0. The summed E-state index contributed by atoms with van der Waals surface area (Å²) >= 11 is 1.29. The maximum absolute atomic E-state index is 13.5. The van der Waals surface area contributed by atoms with Gasteiger partial charge < -0.3 is 9.80 Å². The molecule has 0 spiro atoms. The standard InChI is InChI=1S/C20H18F2N4O2S/c1-25(2)20(28)17-15(16-18(29-17)24-5-4-23-16)11-3-6-26(10-11)19(27)12-7-13(21)9-14(22)8-12/h4-5,7-9,11H,3,6,10H2,1-2H3/t11-/m1/s1. The van der Waals surface area contributed by atoms with Crippen LogP contribution >= 0.6 is 11.3 Å². The molecule has 3 heterocycles. The van der Waals surface area contributed by atoms with E-state index in [-0.39, 0.29) is 17.4 Å². The van der Waals surface area contributed by atoms with Crippen LogP contribution in [0.3, 0.4) is 0 Å². The van der Waals surface area contributed by atoms with Crippen LogP contribution in [0.15, 0.2) is 30.6 Å². The molecule has 3 aromatic rings. The summed E-state index contributed by atoms with van der Waals surface area (Å²) in [5.74, 6) is -2.26. The molecule has 0 bridgehead atoms. The van der Waals surface area contributed by atoms with E-state index in [1.807, 2.05) is 0 Å². The van der Waals surface area contributed by atoms with Gasteiger partial charge in [0, 0.05) is 62.7 Å². The van der Waals surface area contributed by atoms with Crippen LogP contribution in [0.25, 0.3) is 10.3 Å². The molecule has 29 heavy (non-hydrogen) atoms. The Hall–Kier alpha value is -2.94. The summed E-state index contributed by atoms with van der Waals surface area (Å²) in [6.07, 6.45) is 3.78. The number of amides is 2. The van der Waals surface area contributed by atoms with Crippen molar-refractivity contribution >= 4 is 33.5 Å². The monoisotopic (exact) mass is 416 g/mol. The minimum atomic E-state index is -0.790. The molecule has 1 fully saturated rings. The topological polar surface area (TPSA) is 66.4 Å². The van der Waals surface area contributed by atoms with Crippen LogP contribution in [-0.4, -0.2) is 58.8 Å². The summed E-state index contributed by atoms with van der Waals surface area (Å²) in [5.41, 5.74) is 1.43. The zero-order chi connectivity index (χ0) is 20.7. The largest absolute Gasteiger partial charge is 0.344 e. The van der Waals surface area contributed by atoms with Gasteiger partial charge in [0.1, 0.15) is 22.0 Å². The van der Waals surface area contributed by atoms with Crippen molar-refractivity contribution in [1.82, 2.24) is 19.8 Å². The molecule has 150 valence electrons. The Kier molecular flexibility index (Phi) is 4.99. The smallest absolute Gasteiger partial charge is 0.263 e. The molecule has 1 aromatic carbocycles. The lowest BCUT2D eigenvalue weighted by Gasteiger charge is -2.18. The van der Waals surface area contributed by atoms with E-state index < -0.39 is 17.5 Å². The fourth-order valence-corrected chi connectivity index (χ4v) is 4.83. The van der Waals surface area contributed by atoms with Crippen molar-refractivity contribution in [1.29, 1.82) is 0 Å². The van der Waals surface area contributed by atoms with Crippen molar-refractivity contribution < 1.29 is 18.4 Å². The van der Waals surface area contributed by atoms with E-state index in [1.54, 1.807) is 31.4 Å². The normalized spacial score (nSPS) is 16.4. The van der Waals surface area contributed by atoms with Gasteiger partial charge in [0.2, 0.25) is 0 Å². The lowest BCUT2D eigenvalue weighted by Crippen LogP contribution is -2.29. The van der Waals surface area contributed by atoms with Gasteiger partial charge in [-0.05, 0) is 18.6 Å². The van der Waals surface area contributed by atoms with Crippen molar-refractivity contribution in [3.8, 4) is 0 Å². The molecule has 9 heteroatoms. The second kappa shape index (κ2) is 7.47. The van der Waals surface area contributed by atoms with Gasteiger partial charge in [-0.15, -0.1) is 11.3 Å². The van der Waals surface area contributed by atoms with Gasteiger partial charge in [-0.2, -0.15) is 0 Å². The number of likely N-dealkylation sites (tertiary alicyclic amines) is 1. The first-order valence-corrected chi connectivity index (χ1v) is 9.87. The highest BCUT2D eigenvalue weighted by molar-refractivity contribution is 7.20. The van der Waals surface area contributed by atoms with E-state index in [9.17, 15) is 18.4 Å². The second-order valence-electron chi connectivity index (χ2n) is 7.15. The average molecular weight is 416 g/mol. The molecule has 6 nitrogen and oxygen atoms in total. The fourth-order valence-electron chi connectivity index (χ4n) is 3.62. The van der Waals surface area contributed by atoms with E-state index in [0.717, 1.165) is 23.8 Å². The Morgan fingerprint density at radius 2 is 1.83 bits per heavy atom. The van der Waals surface area contributed by atoms with Crippen molar-refractivity contribution in [3.05, 3.63) is 58.2 Å². The quantitative estimate of drug-likeness (QED) is 0.657. The summed E-state index contributed by atoms with van der Waals surface area (Å²) in [4.78, 5) is 38.5. The Morgan fingerprint density at radius 1 is 1.14 bits per heavy atom. The molecule has 1 aliphatic rings. The van der Waals surface area contributed by atoms with Gasteiger partial charge in [0.25, 0.3) is 11.8 Å². The number of nitrogens with zero attached hydrogens (tertiary/aromatic N) is 4. The molecule has 4 rings (SSSR count).